The van der Waals surface area contributed by atoms with Crippen LogP contribution in [0, 0.1) is 18.6 Å². The van der Waals surface area contributed by atoms with Crippen molar-refractivity contribution < 1.29 is 13.6 Å². The van der Waals surface area contributed by atoms with Crippen LogP contribution in [-0.4, -0.2) is 10.8 Å². The second-order valence-electron chi connectivity index (χ2n) is 4.13. The predicted octanol–water partition coefficient (Wildman–Crippen LogP) is 3.09. The lowest BCUT2D eigenvalue weighted by Crippen LogP contribution is -2.05. The molecule has 0 bridgehead atoms. The third-order valence-electron chi connectivity index (χ3n) is 2.48. The summed E-state index contributed by atoms with van der Waals surface area (Å²) < 4.78 is 26.0. The van der Waals surface area contributed by atoms with Gasteiger partial charge >= 0.3 is 0 Å². The zero-order chi connectivity index (χ0) is 13.1. The number of aromatic nitrogens is 1. The molecule has 2 aromatic rings. The quantitative estimate of drug-likeness (QED) is 0.780. The first kappa shape index (κ1) is 12.4. The SMILES string of the molecule is Cc1cncc(C(=O)Cc2cc(F)cc(F)c2)c1. The second-order valence-corrected chi connectivity index (χ2v) is 4.13. The van der Waals surface area contributed by atoms with Gasteiger partial charge < -0.3 is 0 Å². The van der Waals surface area contributed by atoms with Gasteiger partial charge in [0.05, 0.1) is 0 Å². The summed E-state index contributed by atoms with van der Waals surface area (Å²) in [6.45, 7) is 1.83. The standard InChI is InChI=1S/C14H11F2NO/c1-9-2-11(8-17-7-9)14(18)5-10-3-12(15)6-13(16)4-10/h2-4,6-8H,5H2,1H3. The largest absolute Gasteiger partial charge is 0.294 e. The fraction of sp³-hybridized carbons (Fsp3) is 0.143. The Bertz CT molecular complexity index is 576. The van der Waals surface area contributed by atoms with E-state index >= 15 is 0 Å². The van der Waals surface area contributed by atoms with Gasteiger partial charge in [0.2, 0.25) is 0 Å². The van der Waals surface area contributed by atoms with Crippen molar-refractivity contribution in [2.75, 3.05) is 0 Å². The summed E-state index contributed by atoms with van der Waals surface area (Å²) in [7, 11) is 0. The average Bonchev–Trinajstić information content (AvgIpc) is 2.27. The molecule has 1 heterocycles. The van der Waals surface area contributed by atoms with Crippen molar-refractivity contribution in [1.82, 2.24) is 4.98 Å². The fourth-order valence-corrected chi connectivity index (χ4v) is 1.71. The summed E-state index contributed by atoms with van der Waals surface area (Å²) in [5, 5.41) is 0. The summed E-state index contributed by atoms with van der Waals surface area (Å²) in [5.41, 5.74) is 1.63. The van der Waals surface area contributed by atoms with Crippen molar-refractivity contribution in [3.05, 3.63) is 65.0 Å². The molecule has 0 aliphatic heterocycles. The van der Waals surface area contributed by atoms with Crippen molar-refractivity contribution in [1.29, 1.82) is 0 Å². The van der Waals surface area contributed by atoms with Crippen molar-refractivity contribution in [2.24, 2.45) is 0 Å². The smallest absolute Gasteiger partial charge is 0.168 e. The Hall–Kier alpha value is -2.10. The molecular weight excluding hydrogens is 236 g/mol. The van der Waals surface area contributed by atoms with Crippen molar-refractivity contribution in [2.45, 2.75) is 13.3 Å². The van der Waals surface area contributed by atoms with Crippen LogP contribution in [0.2, 0.25) is 0 Å². The minimum Gasteiger partial charge on any atom is -0.294 e. The lowest BCUT2D eigenvalue weighted by atomic mass is 10.0. The molecule has 0 unspecified atom stereocenters. The number of aryl methyl sites for hydroxylation is 1. The van der Waals surface area contributed by atoms with Crippen LogP contribution in [0.5, 0.6) is 0 Å². The summed E-state index contributed by atoms with van der Waals surface area (Å²) in [6.07, 6.45) is 3.05. The minimum atomic E-state index is -0.680. The number of Topliss-reactive ketones (excluding diaryl/α,β-unsaturated/α-hetero) is 1. The van der Waals surface area contributed by atoms with E-state index in [0.717, 1.165) is 23.8 Å². The van der Waals surface area contributed by atoms with Crippen molar-refractivity contribution >= 4 is 5.78 Å². The van der Waals surface area contributed by atoms with Gasteiger partial charge in [-0.1, -0.05) is 0 Å². The van der Waals surface area contributed by atoms with Crippen LogP contribution in [0.15, 0.2) is 36.7 Å². The summed E-state index contributed by atoms with van der Waals surface area (Å²) >= 11 is 0. The number of rotatable bonds is 3. The number of benzene rings is 1. The highest BCUT2D eigenvalue weighted by molar-refractivity contribution is 5.97. The highest BCUT2D eigenvalue weighted by atomic mass is 19.1. The third-order valence-corrected chi connectivity index (χ3v) is 2.48. The molecule has 0 atom stereocenters. The van der Waals surface area contributed by atoms with E-state index in [9.17, 15) is 13.6 Å². The molecule has 4 heteroatoms. The maximum atomic E-state index is 13.0. The Labute approximate surface area is 103 Å². The van der Waals surface area contributed by atoms with Gasteiger partial charge in [-0.3, -0.25) is 9.78 Å². The topological polar surface area (TPSA) is 30.0 Å². The Balaban J connectivity index is 2.21. The van der Waals surface area contributed by atoms with Crippen molar-refractivity contribution in [3.8, 4) is 0 Å². The normalized spacial score (nSPS) is 10.4. The van der Waals surface area contributed by atoms with Crippen LogP contribution in [0.25, 0.3) is 0 Å². The molecule has 1 aromatic carbocycles. The Kier molecular flexibility index (Phi) is 3.46. The van der Waals surface area contributed by atoms with Gasteiger partial charge in [0.15, 0.2) is 5.78 Å². The first-order valence-electron chi connectivity index (χ1n) is 5.44. The zero-order valence-corrected chi connectivity index (χ0v) is 9.78. The molecular formula is C14H11F2NO. The maximum absolute atomic E-state index is 13.0. The highest BCUT2D eigenvalue weighted by Crippen LogP contribution is 2.12. The van der Waals surface area contributed by atoms with Crippen LogP contribution >= 0.6 is 0 Å². The van der Waals surface area contributed by atoms with Gasteiger partial charge in [-0.15, -0.1) is 0 Å². The number of hydrogen-bond acceptors (Lipinski definition) is 2. The zero-order valence-electron chi connectivity index (χ0n) is 9.78. The molecule has 1 aromatic heterocycles. The molecule has 0 aliphatic rings. The molecule has 2 nitrogen and oxygen atoms in total. The molecule has 0 radical (unpaired) electrons. The number of carbonyl (C=O) groups excluding carboxylic acids is 1. The van der Waals surface area contributed by atoms with Gasteiger partial charge in [-0.2, -0.15) is 0 Å². The number of pyridine rings is 1. The molecule has 0 saturated carbocycles. The first-order valence-corrected chi connectivity index (χ1v) is 5.44. The van der Waals surface area contributed by atoms with Gasteiger partial charge in [-0.05, 0) is 36.2 Å². The number of carbonyl (C=O) groups is 1. The van der Waals surface area contributed by atoms with E-state index in [1.165, 1.54) is 6.20 Å². The molecule has 0 spiro atoms. The van der Waals surface area contributed by atoms with Gasteiger partial charge in [0, 0.05) is 30.4 Å². The van der Waals surface area contributed by atoms with Crippen LogP contribution < -0.4 is 0 Å². The monoisotopic (exact) mass is 247 g/mol. The minimum absolute atomic E-state index is 0.0419. The molecule has 2 rings (SSSR count). The first-order chi connectivity index (χ1) is 8.54. The third kappa shape index (κ3) is 2.97. The molecule has 0 fully saturated rings. The fourth-order valence-electron chi connectivity index (χ4n) is 1.71. The Morgan fingerprint density at radius 1 is 1.11 bits per heavy atom. The van der Waals surface area contributed by atoms with Crippen LogP contribution in [0.1, 0.15) is 21.5 Å². The summed E-state index contributed by atoms with van der Waals surface area (Å²) in [6, 6.07) is 4.79. The van der Waals surface area contributed by atoms with Gasteiger partial charge in [0.1, 0.15) is 11.6 Å². The Morgan fingerprint density at radius 2 is 1.78 bits per heavy atom. The van der Waals surface area contributed by atoms with Crippen LogP contribution in [-0.2, 0) is 6.42 Å². The van der Waals surface area contributed by atoms with E-state index in [1.54, 1.807) is 12.3 Å². The van der Waals surface area contributed by atoms with Crippen LogP contribution in [0.4, 0.5) is 8.78 Å². The van der Waals surface area contributed by atoms with E-state index in [2.05, 4.69) is 4.98 Å². The number of halogens is 2. The lowest BCUT2D eigenvalue weighted by Gasteiger charge is -2.03. The highest BCUT2D eigenvalue weighted by Gasteiger charge is 2.09. The van der Waals surface area contributed by atoms with E-state index in [0.29, 0.717) is 11.1 Å². The predicted molar refractivity (Wildman–Crippen MR) is 63.4 cm³/mol. The lowest BCUT2D eigenvalue weighted by molar-refractivity contribution is 0.0992. The van der Waals surface area contributed by atoms with E-state index in [-0.39, 0.29) is 12.2 Å². The molecule has 0 saturated heterocycles. The molecule has 0 N–H and O–H groups in total. The Morgan fingerprint density at radius 3 is 2.39 bits per heavy atom. The van der Waals surface area contributed by atoms with Crippen LogP contribution in [0.3, 0.4) is 0 Å². The second kappa shape index (κ2) is 5.04. The van der Waals surface area contributed by atoms with E-state index in [4.69, 9.17) is 0 Å². The maximum Gasteiger partial charge on any atom is 0.168 e. The van der Waals surface area contributed by atoms with Gasteiger partial charge in [-0.25, -0.2) is 8.78 Å². The summed E-state index contributed by atoms with van der Waals surface area (Å²) in [5.74, 6) is -1.57. The number of ketones is 1. The van der Waals surface area contributed by atoms with Crippen molar-refractivity contribution in [3.63, 3.8) is 0 Å². The van der Waals surface area contributed by atoms with E-state index < -0.39 is 11.6 Å². The number of nitrogens with zero attached hydrogens (tertiary/aromatic N) is 1. The average molecular weight is 247 g/mol. The molecule has 92 valence electrons. The molecule has 0 aliphatic carbocycles. The summed E-state index contributed by atoms with van der Waals surface area (Å²) in [4.78, 5) is 15.8. The van der Waals surface area contributed by atoms with Gasteiger partial charge in [0.25, 0.3) is 0 Å². The molecule has 0 amide bonds. The molecule has 18 heavy (non-hydrogen) atoms. The van der Waals surface area contributed by atoms with E-state index in [1.807, 2.05) is 6.92 Å². The number of hydrogen-bond donors (Lipinski definition) is 0.